The fourth-order valence-electron chi connectivity index (χ4n) is 2.61. The van der Waals surface area contributed by atoms with Crippen molar-refractivity contribution in [1.29, 1.82) is 0 Å². The van der Waals surface area contributed by atoms with Gasteiger partial charge in [-0.15, -0.1) is 0 Å². The summed E-state index contributed by atoms with van der Waals surface area (Å²) < 4.78 is 23.0. The smallest absolute Gasteiger partial charge is 0.409 e. The summed E-state index contributed by atoms with van der Waals surface area (Å²) in [5.41, 5.74) is 2.59. The van der Waals surface area contributed by atoms with Crippen LogP contribution in [0.25, 0.3) is 0 Å². The van der Waals surface area contributed by atoms with Crippen LogP contribution in [0.15, 0.2) is 72.8 Å². The van der Waals surface area contributed by atoms with Gasteiger partial charge in [-0.3, -0.25) is 4.79 Å². The number of nitrogens with one attached hydrogen (secondary N) is 3. The second-order valence-electron chi connectivity index (χ2n) is 6.50. The van der Waals surface area contributed by atoms with E-state index in [9.17, 15) is 4.79 Å². The van der Waals surface area contributed by atoms with Crippen LogP contribution in [0, 0.1) is 0 Å². The van der Waals surface area contributed by atoms with E-state index in [1.54, 1.807) is 31.4 Å². The lowest BCUT2D eigenvalue weighted by Crippen LogP contribution is -2.07. The first-order chi connectivity index (χ1) is 15.7. The van der Waals surface area contributed by atoms with Crippen LogP contribution in [0.5, 0.6) is 17.2 Å². The Kier molecular flexibility index (Phi) is 8.98. The Balaban J connectivity index is 1.70. The molecule has 3 N–H and O–H groups in total. The van der Waals surface area contributed by atoms with E-state index in [0.29, 0.717) is 42.5 Å². The molecule has 32 heavy (non-hydrogen) atoms. The first kappa shape index (κ1) is 23.2. The molecule has 168 valence electrons. The third-order valence-electron chi connectivity index (χ3n) is 4.25. The van der Waals surface area contributed by atoms with Crippen LogP contribution in [0.1, 0.15) is 0 Å². The molecule has 0 aliphatic rings. The van der Waals surface area contributed by atoms with Gasteiger partial charge < -0.3 is 34.3 Å². The van der Waals surface area contributed by atoms with Crippen molar-refractivity contribution >= 4 is 32.1 Å². The molecule has 0 aromatic heterocycles. The second kappa shape index (κ2) is 12.4. The van der Waals surface area contributed by atoms with Gasteiger partial charge in [0.2, 0.25) is 6.41 Å². The standard InChI is InChI=1S/C23H26N3O5P/c1-24-18-3-9-21(10-4-18)29-32(31-23-13-7-20(8-14-23)26-17-27)30-22-11-5-19(6-12-22)25-15-16-28-2/h3-14,17,24-25H,15-16H2,1-2H3,(H,26,27). The van der Waals surface area contributed by atoms with Crippen molar-refractivity contribution < 1.29 is 23.1 Å². The molecule has 0 saturated carbocycles. The van der Waals surface area contributed by atoms with Crippen LogP contribution in [0.4, 0.5) is 17.1 Å². The Morgan fingerprint density at radius 2 is 1.22 bits per heavy atom. The van der Waals surface area contributed by atoms with Gasteiger partial charge in [0.15, 0.2) is 0 Å². The Hall–Kier alpha value is -3.48. The van der Waals surface area contributed by atoms with Gasteiger partial charge in [-0.2, -0.15) is 0 Å². The summed E-state index contributed by atoms with van der Waals surface area (Å²) in [5, 5.41) is 8.92. The molecule has 0 aliphatic carbocycles. The van der Waals surface area contributed by atoms with E-state index in [-0.39, 0.29) is 0 Å². The fourth-order valence-corrected chi connectivity index (χ4v) is 3.60. The van der Waals surface area contributed by atoms with Crippen LogP contribution in [0.3, 0.4) is 0 Å². The van der Waals surface area contributed by atoms with Gasteiger partial charge in [0.25, 0.3) is 0 Å². The Labute approximate surface area is 188 Å². The molecule has 3 rings (SSSR count). The van der Waals surface area contributed by atoms with Crippen LogP contribution < -0.4 is 29.5 Å². The van der Waals surface area contributed by atoms with Gasteiger partial charge in [-0.25, -0.2) is 0 Å². The van der Waals surface area contributed by atoms with Crippen LogP contribution in [0.2, 0.25) is 0 Å². The summed E-state index contributed by atoms with van der Waals surface area (Å²) in [7, 11) is 1.72. The lowest BCUT2D eigenvalue weighted by molar-refractivity contribution is -0.105. The summed E-state index contributed by atoms with van der Waals surface area (Å²) in [6, 6.07) is 22.0. The molecule has 0 radical (unpaired) electrons. The van der Waals surface area contributed by atoms with Crippen LogP contribution >= 0.6 is 8.60 Å². The van der Waals surface area contributed by atoms with Crippen LogP contribution in [-0.2, 0) is 9.53 Å². The number of benzene rings is 3. The van der Waals surface area contributed by atoms with E-state index in [1.807, 2.05) is 55.6 Å². The topological polar surface area (TPSA) is 90.1 Å². The highest BCUT2D eigenvalue weighted by Gasteiger charge is 2.20. The summed E-state index contributed by atoms with van der Waals surface area (Å²) >= 11 is 0. The number of carbonyl (C=O) groups is 1. The molecular formula is C23H26N3O5P. The van der Waals surface area contributed by atoms with E-state index >= 15 is 0 Å². The van der Waals surface area contributed by atoms with E-state index in [4.69, 9.17) is 18.3 Å². The maximum absolute atomic E-state index is 10.6. The normalized spacial score (nSPS) is 11.2. The van der Waals surface area contributed by atoms with Gasteiger partial charge >= 0.3 is 8.60 Å². The van der Waals surface area contributed by atoms with Crippen LogP contribution in [-0.4, -0.2) is 33.7 Å². The maximum Gasteiger partial charge on any atom is 0.530 e. The quantitative estimate of drug-likeness (QED) is 0.187. The average molecular weight is 455 g/mol. The van der Waals surface area contributed by atoms with E-state index in [1.165, 1.54) is 0 Å². The molecule has 1 atom stereocenters. The lowest BCUT2D eigenvalue weighted by atomic mass is 10.3. The zero-order valence-electron chi connectivity index (χ0n) is 17.9. The number of hydrogen-bond acceptors (Lipinski definition) is 7. The average Bonchev–Trinajstić information content (AvgIpc) is 2.82. The summed E-state index contributed by atoms with van der Waals surface area (Å²) in [5.74, 6) is 1.78. The Morgan fingerprint density at radius 3 is 1.66 bits per heavy atom. The Bertz CT molecular complexity index is 953. The van der Waals surface area contributed by atoms with Gasteiger partial charge in [-0.05, 0) is 72.8 Å². The number of hydrogen-bond donors (Lipinski definition) is 3. The molecule has 0 heterocycles. The number of anilines is 3. The monoisotopic (exact) mass is 455 g/mol. The first-order valence-electron chi connectivity index (χ1n) is 9.95. The van der Waals surface area contributed by atoms with Crippen molar-refractivity contribution in [3.8, 4) is 17.2 Å². The minimum absolute atomic E-state index is 0.553. The zero-order chi connectivity index (χ0) is 22.6. The number of rotatable bonds is 13. The predicted molar refractivity (Wildman–Crippen MR) is 128 cm³/mol. The molecule has 1 amide bonds. The summed E-state index contributed by atoms with van der Waals surface area (Å²) in [4.78, 5) is 10.6. The molecule has 9 heteroatoms. The third kappa shape index (κ3) is 7.34. The largest absolute Gasteiger partial charge is 0.530 e. The molecule has 3 aromatic rings. The summed E-state index contributed by atoms with van der Waals surface area (Å²) in [6.45, 7) is 1.34. The van der Waals surface area contributed by atoms with Crippen molar-refractivity contribution in [2.24, 2.45) is 0 Å². The molecule has 8 nitrogen and oxygen atoms in total. The van der Waals surface area contributed by atoms with Gasteiger partial charge in [0.1, 0.15) is 17.2 Å². The highest BCUT2D eigenvalue weighted by atomic mass is 31.2. The lowest BCUT2D eigenvalue weighted by Gasteiger charge is -2.18. The van der Waals surface area contributed by atoms with Gasteiger partial charge in [0, 0.05) is 37.8 Å². The van der Waals surface area contributed by atoms with Gasteiger partial charge in [-0.1, -0.05) is 0 Å². The SMILES string of the molecule is CNc1ccc(OP(Oc2ccc(NC=O)cc2)Oc2ccc(NCCOC)cc2)cc1. The van der Waals surface area contributed by atoms with E-state index in [0.717, 1.165) is 11.4 Å². The Morgan fingerprint density at radius 1 is 0.750 bits per heavy atom. The number of methoxy groups -OCH3 is 1. The number of ether oxygens (including phenoxy) is 1. The molecule has 0 saturated heterocycles. The van der Waals surface area contributed by atoms with Gasteiger partial charge in [0.05, 0.1) is 6.61 Å². The molecule has 0 fully saturated rings. The molecule has 1 unspecified atom stereocenters. The predicted octanol–water partition coefficient (Wildman–Crippen LogP) is 5.12. The third-order valence-corrected chi connectivity index (χ3v) is 5.33. The fraction of sp³-hybridized carbons (Fsp3) is 0.174. The highest BCUT2D eigenvalue weighted by Crippen LogP contribution is 2.42. The van der Waals surface area contributed by atoms with Crippen molar-refractivity contribution in [2.75, 3.05) is 43.3 Å². The summed E-state index contributed by atoms with van der Waals surface area (Å²) in [6.07, 6.45) is 0.623. The number of amides is 1. The molecule has 0 aliphatic heterocycles. The zero-order valence-corrected chi connectivity index (χ0v) is 18.8. The molecule has 0 spiro atoms. The van der Waals surface area contributed by atoms with E-state index < -0.39 is 8.60 Å². The number of carbonyl (C=O) groups excluding carboxylic acids is 1. The second-order valence-corrected chi connectivity index (χ2v) is 7.50. The molecule has 3 aromatic carbocycles. The molecular weight excluding hydrogens is 429 g/mol. The van der Waals surface area contributed by atoms with Crippen molar-refractivity contribution in [3.05, 3.63) is 72.8 Å². The van der Waals surface area contributed by atoms with Crippen molar-refractivity contribution in [2.45, 2.75) is 0 Å². The minimum Gasteiger partial charge on any atom is -0.409 e. The minimum atomic E-state index is -1.79. The van der Waals surface area contributed by atoms with E-state index in [2.05, 4.69) is 16.0 Å². The molecule has 0 bridgehead atoms. The first-order valence-corrected chi connectivity index (χ1v) is 11.0. The highest BCUT2D eigenvalue weighted by molar-refractivity contribution is 7.43. The van der Waals surface area contributed by atoms with Crippen molar-refractivity contribution in [1.82, 2.24) is 0 Å². The van der Waals surface area contributed by atoms with Crippen molar-refractivity contribution in [3.63, 3.8) is 0 Å². The maximum atomic E-state index is 10.6.